The van der Waals surface area contributed by atoms with Crippen LogP contribution in [-0.4, -0.2) is 18.9 Å². The van der Waals surface area contributed by atoms with E-state index >= 15 is 0 Å². The summed E-state index contributed by atoms with van der Waals surface area (Å²) < 4.78 is 35.2. The van der Waals surface area contributed by atoms with Crippen molar-refractivity contribution in [1.29, 1.82) is 0 Å². The van der Waals surface area contributed by atoms with E-state index in [1.807, 2.05) is 0 Å². The first-order chi connectivity index (χ1) is 6.95. The lowest BCUT2D eigenvalue weighted by atomic mass is 10.3. The molecule has 0 atom stereocenters. The zero-order chi connectivity index (χ0) is 11.5. The van der Waals surface area contributed by atoms with Crippen molar-refractivity contribution in [2.45, 2.75) is 4.90 Å². The van der Waals surface area contributed by atoms with E-state index in [0.29, 0.717) is 0 Å². The van der Waals surface area contributed by atoms with E-state index in [-0.39, 0.29) is 5.75 Å². The summed E-state index contributed by atoms with van der Waals surface area (Å²) in [5, 5.41) is 0. The Morgan fingerprint density at radius 3 is 2.53 bits per heavy atom. The smallest absolute Gasteiger partial charge is 0.335 e. The van der Waals surface area contributed by atoms with E-state index < -0.39 is 21.0 Å². The van der Waals surface area contributed by atoms with Crippen molar-refractivity contribution < 1.29 is 22.5 Å². The number of benzene rings is 1. The first kappa shape index (κ1) is 11.4. The fourth-order valence-corrected chi connectivity index (χ4v) is 1.51. The predicted octanol–water partition coefficient (Wildman–Crippen LogP) is 1.02. The van der Waals surface area contributed by atoms with E-state index in [1.165, 1.54) is 18.2 Å². The molecule has 0 aliphatic rings. The summed E-state index contributed by atoms with van der Waals surface area (Å²) in [4.78, 5) is 10.4. The molecule has 6 heteroatoms. The van der Waals surface area contributed by atoms with Crippen LogP contribution in [0.5, 0.6) is 5.75 Å². The molecule has 1 rings (SSSR count). The van der Waals surface area contributed by atoms with Gasteiger partial charge in [-0.25, -0.2) is 4.79 Å². The zero-order valence-corrected chi connectivity index (χ0v) is 8.40. The van der Waals surface area contributed by atoms with Crippen LogP contribution < -0.4 is 4.74 Å². The number of carbonyl (C=O) groups is 1. The van der Waals surface area contributed by atoms with Gasteiger partial charge < -0.3 is 4.74 Å². The molecule has 0 aromatic heterocycles. The fourth-order valence-electron chi connectivity index (χ4n) is 0.898. The molecule has 1 aromatic rings. The van der Waals surface area contributed by atoms with Crippen LogP contribution in [0.1, 0.15) is 0 Å². The maximum atomic E-state index is 10.9. The minimum absolute atomic E-state index is 0.232. The molecule has 0 saturated heterocycles. The Bertz CT molecular complexity index is 489. The molecule has 0 unspecified atom stereocenters. The van der Waals surface area contributed by atoms with Crippen LogP contribution in [0.2, 0.25) is 0 Å². The zero-order valence-electron chi connectivity index (χ0n) is 7.58. The summed E-state index contributed by atoms with van der Waals surface area (Å²) in [5.41, 5.74) is 0. The lowest BCUT2D eigenvalue weighted by Gasteiger charge is -2.05. The maximum Gasteiger partial charge on any atom is 0.335 e. The third-order valence-corrected chi connectivity index (χ3v) is 2.40. The molecule has 0 aliphatic carbocycles. The number of esters is 1. The van der Waals surface area contributed by atoms with E-state index in [1.54, 1.807) is 0 Å². The van der Waals surface area contributed by atoms with Gasteiger partial charge in [-0.3, -0.25) is 4.55 Å². The average molecular weight is 228 g/mol. The third kappa shape index (κ3) is 2.90. The van der Waals surface area contributed by atoms with Crippen molar-refractivity contribution in [3.63, 3.8) is 0 Å². The molecule has 0 radical (unpaired) electrons. The number of ether oxygens (including phenoxy) is 1. The number of carbonyl (C=O) groups excluding carboxylic acids is 1. The fraction of sp³-hybridized carbons (Fsp3) is 0. The van der Waals surface area contributed by atoms with Gasteiger partial charge in [-0.05, 0) is 12.1 Å². The highest BCUT2D eigenvalue weighted by Gasteiger charge is 2.17. The van der Waals surface area contributed by atoms with E-state index in [4.69, 9.17) is 4.55 Å². The number of hydrogen-bond acceptors (Lipinski definition) is 4. The first-order valence-electron chi connectivity index (χ1n) is 3.86. The van der Waals surface area contributed by atoms with Gasteiger partial charge in [0, 0.05) is 6.08 Å². The Morgan fingerprint density at radius 1 is 1.40 bits per heavy atom. The van der Waals surface area contributed by atoms with Crippen molar-refractivity contribution in [3.8, 4) is 5.75 Å². The Kier molecular flexibility index (Phi) is 3.23. The summed E-state index contributed by atoms with van der Waals surface area (Å²) in [6.45, 7) is 3.16. The standard InChI is InChI=1S/C9H8O5S/c1-2-9(10)14-7-5-3-4-6-8(7)15(11,12)13/h2-6H,1H2,(H,11,12,13). The van der Waals surface area contributed by atoms with Crippen molar-refractivity contribution in [2.24, 2.45) is 0 Å². The second-order valence-electron chi connectivity index (χ2n) is 2.55. The average Bonchev–Trinajstić information content (AvgIpc) is 2.17. The van der Waals surface area contributed by atoms with Gasteiger partial charge in [-0.2, -0.15) is 8.42 Å². The predicted molar refractivity (Wildman–Crippen MR) is 52.1 cm³/mol. The van der Waals surface area contributed by atoms with Gasteiger partial charge in [0.25, 0.3) is 10.1 Å². The Labute approximate surface area is 86.7 Å². The minimum atomic E-state index is -4.40. The van der Waals surface area contributed by atoms with Crippen molar-refractivity contribution >= 4 is 16.1 Å². The molecule has 5 nitrogen and oxygen atoms in total. The molecule has 0 bridgehead atoms. The van der Waals surface area contributed by atoms with Crippen LogP contribution in [-0.2, 0) is 14.9 Å². The second kappa shape index (κ2) is 4.24. The van der Waals surface area contributed by atoms with Crippen LogP contribution in [0.25, 0.3) is 0 Å². The van der Waals surface area contributed by atoms with E-state index in [0.717, 1.165) is 12.1 Å². The number of hydrogen-bond donors (Lipinski definition) is 1. The molecular weight excluding hydrogens is 220 g/mol. The first-order valence-corrected chi connectivity index (χ1v) is 5.30. The van der Waals surface area contributed by atoms with Crippen LogP contribution in [0, 0.1) is 0 Å². The largest absolute Gasteiger partial charge is 0.422 e. The molecule has 80 valence electrons. The molecule has 0 amide bonds. The van der Waals surface area contributed by atoms with Crippen LogP contribution in [0.4, 0.5) is 0 Å². The van der Waals surface area contributed by atoms with Crippen LogP contribution in [0.15, 0.2) is 41.8 Å². The lowest BCUT2D eigenvalue weighted by molar-refractivity contribution is -0.129. The molecule has 1 aromatic carbocycles. The summed E-state index contributed by atoms with van der Waals surface area (Å²) in [7, 11) is -4.40. The summed E-state index contributed by atoms with van der Waals surface area (Å²) in [6.07, 6.45) is 0.890. The lowest BCUT2D eigenvalue weighted by Crippen LogP contribution is -2.08. The van der Waals surface area contributed by atoms with E-state index in [2.05, 4.69) is 11.3 Å². The number of rotatable bonds is 3. The van der Waals surface area contributed by atoms with Crippen molar-refractivity contribution in [3.05, 3.63) is 36.9 Å². The quantitative estimate of drug-likeness (QED) is 0.361. The van der Waals surface area contributed by atoms with Gasteiger partial charge in [-0.15, -0.1) is 0 Å². The SMILES string of the molecule is C=CC(=O)Oc1ccccc1S(=O)(=O)O. The molecule has 15 heavy (non-hydrogen) atoms. The van der Waals surface area contributed by atoms with Gasteiger partial charge >= 0.3 is 5.97 Å². The number of para-hydroxylation sites is 1. The highest BCUT2D eigenvalue weighted by Crippen LogP contribution is 2.22. The maximum absolute atomic E-state index is 10.9. The van der Waals surface area contributed by atoms with Crippen LogP contribution >= 0.6 is 0 Å². The van der Waals surface area contributed by atoms with Gasteiger partial charge in [0.05, 0.1) is 0 Å². The van der Waals surface area contributed by atoms with Crippen molar-refractivity contribution in [1.82, 2.24) is 0 Å². The molecule has 0 spiro atoms. The highest BCUT2D eigenvalue weighted by atomic mass is 32.2. The van der Waals surface area contributed by atoms with Gasteiger partial charge in [0.1, 0.15) is 4.90 Å². The van der Waals surface area contributed by atoms with Crippen LogP contribution in [0.3, 0.4) is 0 Å². The highest BCUT2D eigenvalue weighted by molar-refractivity contribution is 7.86. The Morgan fingerprint density at radius 2 is 2.00 bits per heavy atom. The Hall–Kier alpha value is -1.66. The summed E-state index contributed by atoms with van der Waals surface area (Å²) in [6, 6.07) is 5.25. The third-order valence-electron chi connectivity index (χ3n) is 1.50. The molecule has 0 saturated carbocycles. The van der Waals surface area contributed by atoms with E-state index in [9.17, 15) is 13.2 Å². The molecule has 0 aliphatic heterocycles. The molecule has 0 heterocycles. The monoisotopic (exact) mass is 228 g/mol. The molecule has 1 N–H and O–H groups in total. The molecular formula is C9H8O5S. The van der Waals surface area contributed by atoms with Gasteiger partial charge in [-0.1, -0.05) is 18.7 Å². The molecule has 0 fully saturated rings. The minimum Gasteiger partial charge on any atom is -0.422 e. The van der Waals surface area contributed by atoms with Gasteiger partial charge in [0.15, 0.2) is 5.75 Å². The topological polar surface area (TPSA) is 80.7 Å². The second-order valence-corrected chi connectivity index (χ2v) is 3.94. The van der Waals surface area contributed by atoms with Crippen molar-refractivity contribution in [2.75, 3.05) is 0 Å². The summed E-state index contributed by atoms with van der Waals surface area (Å²) in [5.74, 6) is -1.03. The van der Waals surface area contributed by atoms with Gasteiger partial charge in [0.2, 0.25) is 0 Å². The normalized spacial score (nSPS) is 10.7. The summed E-state index contributed by atoms with van der Waals surface area (Å²) >= 11 is 0. The Balaban J connectivity index is 3.19.